The molecule has 0 radical (unpaired) electrons. The van der Waals surface area contributed by atoms with Gasteiger partial charge in [-0.05, 0) is 19.3 Å². The molecule has 0 aromatic carbocycles. The first-order valence-corrected chi connectivity index (χ1v) is 4.91. The molecule has 92 valence electrons. The molecule has 2 amide bonds. The van der Waals surface area contributed by atoms with E-state index in [1.807, 2.05) is 5.32 Å². The number of nitrogens with two attached hydrogens (primary N) is 1. The first-order valence-electron chi connectivity index (χ1n) is 4.91. The van der Waals surface area contributed by atoms with Gasteiger partial charge in [-0.1, -0.05) is 6.92 Å². The molecule has 7 heteroatoms. The number of amides is 2. The van der Waals surface area contributed by atoms with Gasteiger partial charge in [0.2, 0.25) is 11.8 Å². The number of carbonyl (C=O) groups is 2. The van der Waals surface area contributed by atoms with Gasteiger partial charge in [0.05, 0.1) is 0 Å². The highest BCUT2D eigenvalue weighted by atomic mass is 19.4. The van der Waals surface area contributed by atoms with Gasteiger partial charge in [0.1, 0.15) is 11.5 Å². The molecule has 4 nitrogen and oxygen atoms in total. The normalized spacial score (nSPS) is 20.0. The Balaban J connectivity index is 2.70. The van der Waals surface area contributed by atoms with Crippen molar-refractivity contribution in [2.45, 2.75) is 38.4 Å². The maximum Gasteiger partial charge on any atom is 0.403 e. The van der Waals surface area contributed by atoms with E-state index in [1.54, 1.807) is 6.92 Å². The lowest BCUT2D eigenvalue weighted by atomic mass is 10.0. The van der Waals surface area contributed by atoms with Gasteiger partial charge in [0.15, 0.2) is 0 Å². The molecular formula is C9H13F3N2O2. The van der Waals surface area contributed by atoms with Gasteiger partial charge < -0.3 is 11.1 Å². The van der Waals surface area contributed by atoms with Crippen LogP contribution in [0.25, 0.3) is 0 Å². The van der Waals surface area contributed by atoms with Gasteiger partial charge in [-0.15, -0.1) is 0 Å². The lowest BCUT2D eigenvalue weighted by molar-refractivity contribution is -0.192. The van der Waals surface area contributed by atoms with Crippen molar-refractivity contribution in [2.75, 3.05) is 0 Å². The predicted octanol–water partition coefficient (Wildman–Crippen LogP) is 0.709. The average molecular weight is 238 g/mol. The summed E-state index contributed by atoms with van der Waals surface area (Å²) in [4.78, 5) is 22.2. The monoisotopic (exact) mass is 238 g/mol. The maximum atomic E-state index is 12.5. The standard InChI is InChI=1S/C9H13F3N2O2/c1-2-5(6(13)15)14-7(16)8(3-4-8)9(10,11)12/h5H,2-4H2,1H3,(H2,13,15)(H,14,16)/t5-/m0/s1. The maximum absolute atomic E-state index is 12.5. The van der Waals surface area contributed by atoms with Gasteiger partial charge in [0.25, 0.3) is 0 Å². The van der Waals surface area contributed by atoms with E-state index in [2.05, 4.69) is 0 Å². The Morgan fingerprint density at radius 2 is 1.94 bits per heavy atom. The second kappa shape index (κ2) is 3.95. The van der Waals surface area contributed by atoms with Crippen LogP contribution in [0.4, 0.5) is 13.2 Å². The highest BCUT2D eigenvalue weighted by Crippen LogP contribution is 2.57. The third-order valence-corrected chi connectivity index (χ3v) is 2.78. The van der Waals surface area contributed by atoms with Crippen LogP contribution in [0.3, 0.4) is 0 Å². The van der Waals surface area contributed by atoms with E-state index in [0.717, 1.165) is 0 Å². The zero-order chi connectivity index (χ0) is 12.6. The van der Waals surface area contributed by atoms with Gasteiger partial charge in [0, 0.05) is 0 Å². The molecule has 1 saturated carbocycles. The summed E-state index contributed by atoms with van der Waals surface area (Å²) in [5.74, 6) is -1.97. The number of hydrogen-bond donors (Lipinski definition) is 2. The Kier molecular flexibility index (Phi) is 3.16. The van der Waals surface area contributed by atoms with Crippen LogP contribution in [0.15, 0.2) is 0 Å². The zero-order valence-corrected chi connectivity index (χ0v) is 8.73. The minimum Gasteiger partial charge on any atom is -0.368 e. The number of nitrogens with one attached hydrogen (secondary N) is 1. The van der Waals surface area contributed by atoms with Crippen LogP contribution >= 0.6 is 0 Å². The topological polar surface area (TPSA) is 72.2 Å². The van der Waals surface area contributed by atoms with E-state index in [-0.39, 0.29) is 19.3 Å². The van der Waals surface area contributed by atoms with E-state index in [1.165, 1.54) is 0 Å². The number of halogens is 3. The van der Waals surface area contributed by atoms with Crippen molar-refractivity contribution in [3.05, 3.63) is 0 Å². The summed E-state index contributed by atoms with van der Waals surface area (Å²) in [6.07, 6.45) is -4.84. The van der Waals surface area contributed by atoms with Crippen molar-refractivity contribution in [3.8, 4) is 0 Å². The summed E-state index contributed by atoms with van der Waals surface area (Å²) in [6, 6.07) is -1.03. The molecule has 0 bridgehead atoms. The Morgan fingerprint density at radius 1 is 1.44 bits per heavy atom. The molecule has 0 aliphatic heterocycles. The second-order valence-corrected chi connectivity index (χ2v) is 3.92. The van der Waals surface area contributed by atoms with Crippen molar-refractivity contribution in [1.29, 1.82) is 0 Å². The van der Waals surface area contributed by atoms with E-state index < -0.39 is 29.4 Å². The highest BCUT2D eigenvalue weighted by molar-refractivity contribution is 5.91. The number of primary amides is 1. The van der Waals surface area contributed by atoms with Crippen LogP contribution in [0.1, 0.15) is 26.2 Å². The molecule has 0 spiro atoms. The first-order chi connectivity index (χ1) is 7.24. The Labute approximate surface area is 90.4 Å². The minimum absolute atomic E-state index is 0.176. The summed E-state index contributed by atoms with van der Waals surface area (Å²) in [5, 5.41) is 2.04. The van der Waals surface area contributed by atoms with Crippen molar-refractivity contribution in [2.24, 2.45) is 11.1 Å². The van der Waals surface area contributed by atoms with Crippen molar-refractivity contribution in [1.82, 2.24) is 5.32 Å². The highest BCUT2D eigenvalue weighted by Gasteiger charge is 2.68. The van der Waals surface area contributed by atoms with Crippen LogP contribution in [0, 0.1) is 5.41 Å². The fourth-order valence-electron chi connectivity index (χ4n) is 1.44. The lowest BCUT2D eigenvalue weighted by Gasteiger charge is -2.21. The fourth-order valence-corrected chi connectivity index (χ4v) is 1.44. The lowest BCUT2D eigenvalue weighted by Crippen LogP contribution is -2.50. The van der Waals surface area contributed by atoms with Crippen molar-refractivity contribution >= 4 is 11.8 Å². The summed E-state index contributed by atoms with van der Waals surface area (Å²) >= 11 is 0. The summed E-state index contributed by atoms with van der Waals surface area (Å²) < 4.78 is 37.6. The summed E-state index contributed by atoms with van der Waals surface area (Å²) in [7, 11) is 0. The van der Waals surface area contributed by atoms with Gasteiger partial charge in [-0.25, -0.2) is 0 Å². The molecule has 16 heavy (non-hydrogen) atoms. The van der Waals surface area contributed by atoms with E-state index in [4.69, 9.17) is 5.73 Å². The predicted molar refractivity (Wildman–Crippen MR) is 49.1 cm³/mol. The molecule has 0 heterocycles. The van der Waals surface area contributed by atoms with E-state index in [9.17, 15) is 22.8 Å². The molecule has 1 rings (SSSR count). The van der Waals surface area contributed by atoms with Gasteiger partial charge in [-0.2, -0.15) is 13.2 Å². The third-order valence-electron chi connectivity index (χ3n) is 2.78. The smallest absolute Gasteiger partial charge is 0.368 e. The van der Waals surface area contributed by atoms with Crippen molar-refractivity contribution in [3.63, 3.8) is 0 Å². The first kappa shape index (κ1) is 12.8. The molecule has 0 unspecified atom stereocenters. The van der Waals surface area contributed by atoms with Crippen molar-refractivity contribution < 1.29 is 22.8 Å². The van der Waals surface area contributed by atoms with Crippen LogP contribution in [0.2, 0.25) is 0 Å². The van der Waals surface area contributed by atoms with Crippen LogP contribution in [-0.4, -0.2) is 24.0 Å². The largest absolute Gasteiger partial charge is 0.403 e. The van der Waals surface area contributed by atoms with E-state index in [0.29, 0.717) is 0 Å². The van der Waals surface area contributed by atoms with Gasteiger partial charge >= 0.3 is 6.18 Å². The van der Waals surface area contributed by atoms with Crippen LogP contribution in [0.5, 0.6) is 0 Å². The zero-order valence-electron chi connectivity index (χ0n) is 8.73. The molecule has 1 fully saturated rings. The number of rotatable bonds is 4. The summed E-state index contributed by atoms with van der Waals surface area (Å²) in [5.41, 5.74) is 2.64. The Hall–Kier alpha value is -1.27. The Morgan fingerprint density at radius 3 is 2.19 bits per heavy atom. The molecule has 1 aliphatic carbocycles. The van der Waals surface area contributed by atoms with Gasteiger partial charge in [-0.3, -0.25) is 9.59 Å². The molecule has 0 aromatic heterocycles. The minimum atomic E-state index is -4.56. The quantitative estimate of drug-likeness (QED) is 0.757. The Bertz CT molecular complexity index is 310. The van der Waals surface area contributed by atoms with Crippen LogP contribution in [-0.2, 0) is 9.59 Å². The number of alkyl halides is 3. The van der Waals surface area contributed by atoms with E-state index >= 15 is 0 Å². The molecule has 1 atom stereocenters. The number of hydrogen-bond acceptors (Lipinski definition) is 2. The average Bonchev–Trinajstić information content (AvgIpc) is 2.92. The number of carbonyl (C=O) groups excluding carboxylic acids is 2. The molecule has 1 aliphatic rings. The SMILES string of the molecule is CC[C@H](NC(=O)C1(C(F)(F)F)CC1)C(N)=O. The summed E-state index contributed by atoms with van der Waals surface area (Å²) in [6.45, 7) is 1.56. The fraction of sp³-hybridized carbons (Fsp3) is 0.778. The molecule has 0 saturated heterocycles. The molecular weight excluding hydrogens is 225 g/mol. The second-order valence-electron chi connectivity index (χ2n) is 3.92. The van der Waals surface area contributed by atoms with Crippen LogP contribution < -0.4 is 11.1 Å². The molecule has 3 N–H and O–H groups in total. The molecule has 0 aromatic rings. The third kappa shape index (κ3) is 2.12.